The van der Waals surface area contributed by atoms with Crippen LogP contribution in [0.15, 0.2) is 30.5 Å². The number of aromatic nitrogens is 2. The van der Waals surface area contributed by atoms with Crippen molar-refractivity contribution in [1.29, 1.82) is 0 Å². The van der Waals surface area contributed by atoms with Gasteiger partial charge in [-0.3, -0.25) is 4.68 Å². The molecular weight excluding hydrogens is 233 g/mol. The lowest BCUT2D eigenvalue weighted by Crippen LogP contribution is -2.08. The van der Waals surface area contributed by atoms with E-state index in [0.29, 0.717) is 18.9 Å². The first-order valence-electron chi connectivity index (χ1n) is 5.73. The molecule has 0 saturated carbocycles. The highest BCUT2D eigenvalue weighted by atomic mass is 19.1. The molecule has 0 spiro atoms. The van der Waals surface area contributed by atoms with Gasteiger partial charge < -0.3 is 10.1 Å². The lowest BCUT2D eigenvalue weighted by atomic mass is 10.2. The van der Waals surface area contributed by atoms with Crippen LogP contribution in [-0.4, -0.2) is 16.8 Å². The second kappa shape index (κ2) is 5.64. The van der Waals surface area contributed by atoms with Gasteiger partial charge in [0.15, 0.2) is 0 Å². The van der Waals surface area contributed by atoms with Crippen LogP contribution in [0, 0.1) is 5.82 Å². The molecule has 96 valence electrons. The van der Waals surface area contributed by atoms with E-state index in [1.807, 2.05) is 26.4 Å². The summed E-state index contributed by atoms with van der Waals surface area (Å²) in [5, 5.41) is 7.21. The largest absolute Gasteiger partial charge is 0.487 e. The van der Waals surface area contributed by atoms with Crippen LogP contribution in [0.3, 0.4) is 0 Å². The average Bonchev–Trinajstić information content (AvgIpc) is 2.75. The molecule has 0 saturated heterocycles. The van der Waals surface area contributed by atoms with E-state index in [-0.39, 0.29) is 5.82 Å². The average molecular weight is 249 g/mol. The Morgan fingerprint density at radius 1 is 1.39 bits per heavy atom. The van der Waals surface area contributed by atoms with Crippen LogP contribution >= 0.6 is 0 Å². The molecule has 0 fully saturated rings. The predicted octanol–water partition coefficient (Wildman–Crippen LogP) is 1.86. The zero-order valence-corrected chi connectivity index (χ0v) is 10.5. The summed E-state index contributed by atoms with van der Waals surface area (Å²) >= 11 is 0. The summed E-state index contributed by atoms with van der Waals surface area (Å²) in [6.45, 7) is 0.943. The van der Waals surface area contributed by atoms with Crippen LogP contribution in [0.4, 0.5) is 4.39 Å². The van der Waals surface area contributed by atoms with Crippen LogP contribution in [-0.2, 0) is 20.2 Å². The summed E-state index contributed by atoms with van der Waals surface area (Å²) in [6.07, 6.45) is 1.86. The number of rotatable bonds is 5. The van der Waals surface area contributed by atoms with Crippen LogP contribution in [0.5, 0.6) is 5.75 Å². The molecular formula is C13H16FN3O. The maximum absolute atomic E-state index is 13.1. The van der Waals surface area contributed by atoms with E-state index in [0.717, 1.165) is 11.3 Å². The van der Waals surface area contributed by atoms with Crippen molar-refractivity contribution in [3.8, 4) is 5.75 Å². The van der Waals surface area contributed by atoms with E-state index in [9.17, 15) is 4.39 Å². The van der Waals surface area contributed by atoms with Gasteiger partial charge in [-0.15, -0.1) is 0 Å². The SMILES string of the molecule is CNCc1cc(F)ccc1OCc1ccn(C)n1. The Morgan fingerprint density at radius 3 is 2.89 bits per heavy atom. The number of benzene rings is 1. The standard InChI is InChI=1S/C13H16FN3O/c1-15-8-10-7-11(14)3-4-13(10)18-9-12-5-6-17(2)16-12/h3-7,15H,8-9H2,1-2H3. The number of nitrogens with one attached hydrogen (secondary N) is 1. The van der Waals surface area contributed by atoms with E-state index in [2.05, 4.69) is 10.4 Å². The number of nitrogens with zero attached hydrogens (tertiary/aromatic N) is 2. The van der Waals surface area contributed by atoms with Crippen molar-refractivity contribution in [1.82, 2.24) is 15.1 Å². The van der Waals surface area contributed by atoms with Gasteiger partial charge in [-0.2, -0.15) is 5.10 Å². The zero-order chi connectivity index (χ0) is 13.0. The predicted molar refractivity (Wildman–Crippen MR) is 66.7 cm³/mol. The summed E-state index contributed by atoms with van der Waals surface area (Å²) in [6, 6.07) is 6.41. The van der Waals surface area contributed by atoms with Gasteiger partial charge in [-0.1, -0.05) is 0 Å². The molecule has 1 N–H and O–H groups in total. The fourth-order valence-electron chi connectivity index (χ4n) is 1.71. The smallest absolute Gasteiger partial charge is 0.132 e. The van der Waals surface area contributed by atoms with Crippen molar-refractivity contribution < 1.29 is 9.13 Å². The number of halogens is 1. The van der Waals surface area contributed by atoms with Gasteiger partial charge in [0, 0.05) is 25.4 Å². The molecule has 0 aliphatic rings. The lowest BCUT2D eigenvalue weighted by Gasteiger charge is -2.10. The number of ether oxygens (including phenoxy) is 1. The van der Waals surface area contributed by atoms with E-state index in [1.54, 1.807) is 10.7 Å². The van der Waals surface area contributed by atoms with Crippen molar-refractivity contribution in [2.45, 2.75) is 13.2 Å². The molecule has 0 unspecified atom stereocenters. The van der Waals surface area contributed by atoms with Crippen molar-refractivity contribution in [2.75, 3.05) is 7.05 Å². The maximum Gasteiger partial charge on any atom is 0.132 e. The second-order valence-electron chi connectivity index (χ2n) is 4.05. The van der Waals surface area contributed by atoms with E-state index in [1.165, 1.54) is 12.1 Å². The highest BCUT2D eigenvalue weighted by molar-refractivity contribution is 5.34. The summed E-state index contributed by atoms with van der Waals surface area (Å²) in [5.74, 6) is 0.418. The summed E-state index contributed by atoms with van der Waals surface area (Å²) in [7, 11) is 3.67. The lowest BCUT2D eigenvalue weighted by molar-refractivity contribution is 0.296. The Morgan fingerprint density at radius 2 is 2.22 bits per heavy atom. The Labute approximate surface area is 105 Å². The van der Waals surface area contributed by atoms with Crippen LogP contribution in [0.25, 0.3) is 0 Å². The minimum atomic E-state index is -0.259. The molecule has 0 bridgehead atoms. The van der Waals surface area contributed by atoms with Crippen molar-refractivity contribution in [3.63, 3.8) is 0 Å². The van der Waals surface area contributed by atoms with Gasteiger partial charge >= 0.3 is 0 Å². The molecule has 4 nitrogen and oxygen atoms in total. The van der Waals surface area contributed by atoms with Crippen LogP contribution in [0.1, 0.15) is 11.3 Å². The first-order valence-corrected chi connectivity index (χ1v) is 5.73. The Kier molecular flexibility index (Phi) is 3.94. The highest BCUT2D eigenvalue weighted by Crippen LogP contribution is 2.20. The molecule has 1 heterocycles. The van der Waals surface area contributed by atoms with E-state index >= 15 is 0 Å². The second-order valence-corrected chi connectivity index (χ2v) is 4.05. The molecule has 0 aliphatic carbocycles. The third-order valence-electron chi connectivity index (χ3n) is 2.53. The summed E-state index contributed by atoms with van der Waals surface area (Å²) in [4.78, 5) is 0. The topological polar surface area (TPSA) is 39.1 Å². The molecule has 0 aliphatic heterocycles. The molecule has 18 heavy (non-hydrogen) atoms. The van der Waals surface area contributed by atoms with Gasteiger partial charge in [0.1, 0.15) is 18.2 Å². The molecule has 0 amide bonds. The van der Waals surface area contributed by atoms with Crippen molar-refractivity contribution >= 4 is 0 Å². The Bertz CT molecular complexity index is 525. The van der Waals surface area contributed by atoms with Gasteiger partial charge in [-0.25, -0.2) is 4.39 Å². The molecule has 1 aromatic heterocycles. The fraction of sp³-hybridized carbons (Fsp3) is 0.308. The third kappa shape index (κ3) is 3.07. The van der Waals surface area contributed by atoms with Crippen LogP contribution < -0.4 is 10.1 Å². The van der Waals surface area contributed by atoms with Gasteiger partial charge in [-0.05, 0) is 31.3 Å². The van der Waals surface area contributed by atoms with E-state index in [4.69, 9.17) is 4.74 Å². The minimum absolute atomic E-state index is 0.259. The van der Waals surface area contributed by atoms with Crippen molar-refractivity contribution in [3.05, 3.63) is 47.5 Å². The quantitative estimate of drug-likeness (QED) is 0.879. The Balaban J connectivity index is 2.08. The first-order chi connectivity index (χ1) is 8.69. The van der Waals surface area contributed by atoms with Gasteiger partial charge in [0.2, 0.25) is 0 Å². The molecule has 2 rings (SSSR count). The monoisotopic (exact) mass is 249 g/mol. The molecule has 5 heteroatoms. The highest BCUT2D eigenvalue weighted by Gasteiger charge is 2.06. The first kappa shape index (κ1) is 12.6. The zero-order valence-electron chi connectivity index (χ0n) is 10.5. The number of hydrogen-bond donors (Lipinski definition) is 1. The van der Waals surface area contributed by atoms with Crippen LogP contribution in [0.2, 0.25) is 0 Å². The minimum Gasteiger partial charge on any atom is -0.487 e. The number of hydrogen-bond acceptors (Lipinski definition) is 3. The normalized spacial score (nSPS) is 10.6. The molecule has 0 atom stereocenters. The molecule has 1 aromatic carbocycles. The summed E-state index contributed by atoms with van der Waals surface area (Å²) in [5.41, 5.74) is 1.64. The summed E-state index contributed by atoms with van der Waals surface area (Å²) < 4.78 is 20.5. The molecule has 2 aromatic rings. The number of aryl methyl sites for hydroxylation is 1. The van der Waals surface area contributed by atoms with Gasteiger partial charge in [0.25, 0.3) is 0 Å². The van der Waals surface area contributed by atoms with Gasteiger partial charge in [0.05, 0.1) is 5.69 Å². The Hall–Kier alpha value is -1.88. The van der Waals surface area contributed by atoms with E-state index < -0.39 is 0 Å². The fourth-order valence-corrected chi connectivity index (χ4v) is 1.71. The molecule has 0 radical (unpaired) electrons. The third-order valence-corrected chi connectivity index (χ3v) is 2.53. The maximum atomic E-state index is 13.1. The van der Waals surface area contributed by atoms with Crippen molar-refractivity contribution in [2.24, 2.45) is 7.05 Å².